The van der Waals surface area contributed by atoms with E-state index in [1.165, 1.54) is 0 Å². The monoisotopic (exact) mass is 328 g/mol. The minimum Gasteiger partial charge on any atom is -0.492 e. The lowest BCUT2D eigenvalue weighted by molar-refractivity contribution is 0.100. The second-order valence-corrected chi connectivity index (χ2v) is 5.41. The van der Waals surface area contributed by atoms with Crippen LogP contribution >= 0.6 is 0 Å². The third-order valence-corrected chi connectivity index (χ3v) is 3.58. The van der Waals surface area contributed by atoms with E-state index in [-0.39, 0.29) is 0 Å². The number of ether oxygens (including phenoxy) is 2. The Morgan fingerprint density at radius 1 is 1.04 bits per heavy atom. The Balaban J connectivity index is 1.82. The molecule has 0 aliphatic heterocycles. The molecule has 2 aromatic rings. The van der Waals surface area contributed by atoms with Crippen LogP contribution in [-0.2, 0) is 4.74 Å². The van der Waals surface area contributed by atoms with Crippen LogP contribution in [0.1, 0.15) is 16.8 Å². The fraction of sp³-hybridized carbons (Fsp3) is 0.316. The number of carbonyl (C=O) groups excluding carboxylic acids is 1. The Morgan fingerprint density at radius 3 is 2.54 bits per heavy atom. The lowest BCUT2D eigenvalue weighted by atomic mass is 10.0. The van der Waals surface area contributed by atoms with E-state index in [2.05, 4.69) is 5.32 Å². The first-order valence-corrected chi connectivity index (χ1v) is 8.03. The van der Waals surface area contributed by atoms with Crippen molar-refractivity contribution in [1.82, 2.24) is 5.32 Å². The highest BCUT2D eigenvalue weighted by Crippen LogP contribution is 2.23. The molecule has 2 rings (SSSR count). The van der Waals surface area contributed by atoms with Gasteiger partial charge in [-0.15, -0.1) is 0 Å². The smallest absolute Gasteiger partial charge is 0.248 e. The van der Waals surface area contributed by atoms with E-state index < -0.39 is 5.91 Å². The molecule has 3 N–H and O–H groups in total. The topological polar surface area (TPSA) is 73.6 Å². The fourth-order valence-electron chi connectivity index (χ4n) is 2.30. The summed E-state index contributed by atoms with van der Waals surface area (Å²) >= 11 is 0. The molecule has 5 heteroatoms. The molecule has 1 amide bonds. The highest BCUT2D eigenvalue weighted by atomic mass is 16.5. The number of carbonyl (C=O) groups is 1. The lowest BCUT2D eigenvalue weighted by Crippen LogP contribution is -2.22. The van der Waals surface area contributed by atoms with Crippen LogP contribution in [0.3, 0.4) is 0 Å². The Hall–Kier alpha value is -2.37. The van der Waals surface area contributed by atoms with Crippen molar-refractivity contribution in [1.29, 1.82) is 0 Å². The number of hydrogen-bond donors (Lipinski definition) is 2. The zero-order valence-corrected chi connectivity index (χ0v) is 14.0. The van der Waals surface area contributed by atoms with Crippen molar-refractivity contribution in [2.45, 2.75) is 6.42 Å². The highest BCUT2D eigenvalue weighted by molar-refractivity contribution is 5.94. The molecule has 0 saturated carbocycles. The predicted molar refractivity (Wildman–Crippen MR) is 95.3 cm³/mol. The van der Waals surface area contributed by atoms with Crippen LogP contribution in [0.4, 0.5) is 0 Å². The first-order chi connectivity index (χ1) is 11.7. The standard InChI is InChI=1S/C19H24N2O3/c1-23-12-3-10-21-11-13-24-18-8-6-15(7-9-18)16-4-2-5-17(14-16)19(20)22/h2,4-9,14,21H,3,10-13H2,1H3,(H2,20,22). The van der Waals surface area contributed by atoms with Crippen LogP contribution in [0.15, 0.2) is 48.5 Å². The number of benzene rings is 2. The maximum Gasteiger partial charge on any atom is 0.248 e. The van der Waals surface area contributed by atoms with Gasteiger partial charge in [-0.05, 0) is 48.4 Å². The van der Waals surface area contributed by atoms with Crippen molar-refractivity contribution in [3.8, 4) is 16.9 Å². The molecule has 24 heavy (non-hydrogen) atoms. The summed E-state index contributed by atoms with van der Waals surface area (Å²) in [6.07, 6.45) is 0.996. The molecular formula is C19H24N2O3. The number of amides is 1. The van der Waals surface area contributed by atoms with Crippen LogP contribution in [0.25, 0.3) is 11.1 Å². The zero-order valence-electron chi connectivity index (χ0n) is 14.0. The van der Waals surface area contributed by atoms with Crippen molar-refractivity contribution >= 4 is 5.91 Å². The fourth-order valence-corrected chi connectivity index (χ4v) is 2.30. The number of nitrogens with two attached hydrogens (primary N) is 1. The number of methoxy groups -OCH3 is 1. The number of nitrogens with one attached hydrogen (secondary N) is 1. The first kappa shape index (κ1) is 18.0. The van der Waals surface area contributed by atoms with Crippen molar-refractivity contribution < 1.29 is 14.3 Å². The quantitative estimate of drug-likeness (QED) is 0.657. The molecule has 0 fully saturated rings. The van der Waals surface area contributed by atoms with E-state index in [0.717, 1.165) is 43.0 Å². The maximum absolute atomic E-state index is 11.3. The minimum absolute atomic E-state index is 0.421. The second kappa shape index (κ2) is 9.70. The van der Waals surface area contributed by atoms with Gasteiger partial charge in [0.05, 0.1) is 0 Å². The van der Waals surface area contributed by atoms with Gasteiger partial charge in [-0.25, -0.2) is 0 Å². The summed E-state index contributed by atoms with van der Waals surface area (Å²) in [4.78, 5) is 11.3. The number of primary amides is 1. The van der Waals surface area contributed by atoms with E-state index in [0.29, 0.717) is 12.2 Å². The van der Waals surface area contributed by atoms with E-state index in [1.807, 2.05) is 36.4 Å². The van der Waals surface area contributed by atoms with Gasteiger partial charge in [0.15, 0.2) is 0 Å². The molecule has 0 heterocycles. The van der Waals surface area contributed by atoms with Gasteiger partial charge in [0.25, 0.3) is 0 Å². The summed E-state index contributed by atoms with van der Waals surface area (Å²) in [6.45, 7) is 3.11. The molecule has 2 aromatic carbocycles. The largest absolute Gasteiger partial charge is 0.492 e. The molecular weight excluding hydrogens is 304 g/mol. The van der Waals surface area contributed by atoms with Gasteiger partial charge in [0, 0.05) is 25.8 Å². The molecule has 5 nitrogen and oxygen atoms in total. The average molecular weight is 328 g/mol. The average Bonchev–Trinajstić information content (AvgIpc) is 2.61. The first-order valence-electron chi connectivity index (χ1n) is 8.03. The molecule has 0 unspecified atom stereocenters. The zero-order chi connectivity index (χ0) is 17.2. The van der Waals surface area contributed by atoms with Crippen molar-refractivity contribution in [2.75, 3.05) is 33.4 Å². The van der Waals surface area contributed by atoms with Crippen molar-refractivity contribution in [3.63, 3.8) is 0 Å². The third-order valence-electron chi connectivity index (χ3n) is 3.58. The van der Waals surface area contributed by atoms with Gasteiger partial charge in [0.1, 0.15) is 12.4 Å². The maximum atomic E-state index is 11.3. The molecule has 0 saturated heterocycles. The van der Waals surface area contributed by atoms with Crippen LogP contribution < -0.4 is 15.8 Å². The molecule has 0 aliphatic rings. The van der Waals surface area contributed by atoms with Crippen LogP contribution in [0.2, 0.25) is 0 Å². The molecule has 128 valence electrons. The summed E-state index contributed by atoms with van der Waals surface area (Å²) in [6, 6.07) is 15.1. The molecule has 0 aromatic heterocycles. The molecule has 0 aliphatic carbocycles. The predicted octanol–water partition coefficient (Wildman–Crippen LogP) is 2.46. The van der Waals surface area contributed by atoms with Gasteiger partial charge >= 0.3 is 0 Å². The van der Waals surface area contributed by atoms with Crippen LogP contribution in [0, 0.1) is 0 Å². The SMILES string of the molecule is COCCCNCCOc1ccc(-c2cccc(C(N)=O)c2)cc1. The van der Waals surface area contributed by atoms with Crippen molar-refractivity contribution in [2.24, 2.45) is 5.73 Å². The van der Waals surface area contributed by atoms with E-state index >= 15 is 0 Å². The number of hydrogen-bond acceptors (Lipinski definition) is 4. The molecule has 0 bridgehead atoms. The highest BCUT2D eigenvalue weighted by Gasteiger charge is 2.03. The normalized spacial score (nSPS) is 10.5. The Morgan fingerprint density at radius 2 is 1.83 bits per heavy atom. The van der Waals surface area contributed by atoms with E-state index in [1.54, 1.807) is 19.2 Å². The minimum atomic E-state index is -0.421. The summed E-state index contributed by atoms with van der Waals surface area (Å²) in [5.74, 6) is 0.401. The van der Waals surface area contributed by atoms with Gasteiger partial charge < -0.3 is 20.5 Å². The Kier molecular flexibility index (Phi) is 7.26. The molecule has 0 atom stereocenters. The van der Waals surface area contributed by atoms with Gasteiger partial charge in [0.2, 0.25) is 5.91 Å². The van der Waals surface area contributed by atoms with Crippen molar-refractivity contribution in [3.05, 3.63) is 54.1 Å². The Bertz CT molecular complexity index is 641. The van der Waals surface area contributed by atoms with Gasteiger partial charge in [-0.3, -0.25) is 4.79 Å². The van der Waals surface area contributed by atoms with Crippen LogP contribution in [0.5, 0.6) is 5.75 Å². The molecule has 0 spiro atoms. The summed E-state index contributed by atoms with van der Waals surface area (Å²) in [5.41, 5.74) is 7.80. The third kappa shape index (κ3) is 5.68. The molecule has 0 radical (unpaired) electrons. The van der Waals surface area contributed by atoms with E-state index in [4.69, 9.17) is 15.2 Å². The Labute approximate surface area is 142 Å². The lowest BCUT2D eigenvalue weighted by Gasteiger charge is -2.09. The van der Waals surface area contributed by atoms with Gasteiger partial charge in [-0.2, -0.15) is 0 Å². The second-order valence-electron chi connectivity index (χ2n) is 5.41. The summed E-state index contributed by atoms with van der Waals surface area (Å²) in [7, 11) is 1.71. The van der Waals surface area contributed by atoms with Gasteiger partial charge in [-0.1, -0.05) is 24.3 Å². The summed E-state index contributed by atoms with van der Waals surface area (Å²) < 4.78 is 10.7. The number of rotatable bonds is 10. The summed E-state index contributed by atoms with van der Waals surface area (Å²) in [5, 5.41) is 3.30. The van der Waals surface area contributed by atoms with Crippen LogP contribution in [-0.4, -0.2) is 39.3 Å². The van der Waals surface area contributed by atoms with E-state index in [9.17, 15) is 4.79 Å².